The van der Waals surface area contributed by atoms with Gasteiger partial charge < -0.3 is 15.1 Å². The number of carbonyl (C=O) groups is 1. The fourth-order valence-corrected chi connectivity index (χ4v) is 1.46. The molecule has 7 heteroatoms. The molecule has 7 nitrogen and oxygen atoms in total. The smallest absolute Gasteiger partial charge is 0.407 e. The van der Waals surface area contributed by atoms with Gasteiger partial charge in [-0.1, -0.05) is 0 Å². The number of rotatable bonds is 2. The predicted molar refractivity (Wildman–Crippen MR) is 41.3 cm³/mol. The third-order valence-electron chi connectivity index (χ3n) is 2.07. The van der Waals surface area contributed by atoms with Crippen LogP contribution in [0.15, 0.2) is 5.11 Å². The van der Waals surface area contributed by atoms with Gasteiger partial charge in [0, 0.05) is 6.42 Å². The predicted octanol–water partition coefficient (Wildman–Crippen LogP) is -0.350. The zero-order valence-electron chi connectivity index (χ0n) is 6.92. The molecule has 3 N–H and O–H groups in total. The zero-order valence-corrected chi connectivity index (χ0v) is 6.92. The first kappa shape index (κ1) is 9.63. The van der Waals surface area contributed by atoms with E-state index in [1.807, 2.05) is 0 Å². The number of amides is 1. The quantitative estimate of drug-likeness (QED) is 0.405. The summed E-state index contributed by atoms with van der Waals surface area (Å²) in [5.74, 6) is 0. The number of likely N-dealkylation sites (tertiary alicyclic amines) is 1. The molecular formula is C6H11N4O3+. The third kappa shape index (κ3) is 2.01. The van der Waals surface area contributed by atoms with E-state index in [2.05, 4.69) is 10.0 Å². The summed E-state index contributed by atoms with van der Waals surface area (Å²) in [6, 6.07) is -0.696. The van der Waals surface area contributed by atoms with Crippen LogP contribution in [-0.4, -0.2) is 46.4 Å². The summed E-state index contributed by atoms with van der Waals surface area (Å²) in [5, 5.41) is 21.1. The molecule has 1 amide bonds. The van der Waals surface area contributed by atoms with Crippen LogP contribution in [0.1, 0.15) is 6.42 Å². The Morgan fingerprint density at radius 3 is 2.85 bits per heavy atom. The summed E-state index contributed by atoms with van der Waals surface area (Å²) in [5.41, 5.74) is 6.49. The number of aliphatic hydroxyl groups is 1. The van der Waals surface area contributed by atoms with Crippen LogP contribution >= 0.6 is 0 Å². The van der Waals surface area contributed by atoms with Crippen LogP contribution in [0.4, 0.5) is 4.79 Å². The first-order chi connectivity index (χ1) is 6.19. The Morgan fingerprint density at radius 2 is 2.46 bits per heavy atom. The lowest BCUT2D eigenvalue weighted by Crippen LogP contribution is -2.36. The van der Waals surface area contributed by atoms with E-state index in [-0.39, 0.29) is 19.2 Å². The zero-order chi connectivity index (χ0) is 9.84. The van der Waals surface area contributed by atoms with E-state index in [9.17, 15) is 4.79 Å². The van der Waals surface area contributed by atoms with Crippen molar-refractivity contribution in [2.75, 3.05) is 13.2 Å². The molecule has 1 unspecified atom stereocenters. The van der Waals surface area contributed by atoms with Crippen LogP contribution in [0, 0.1) is 5.53 Å². The molecule has 1 aliphatic heterocycles. The van der Waals surface area contributed by atoms with Crippen LogP contribution < -0.4 is 4.91 Å². The first-order valence-corrected chi connectivity index (χ1v) is 3.86. The summed E-state index contributed by atoms with van der Waals surface area (Å²) < 4.78 is 0. The minimum atomic E-state index is -1.07. The summed E-state index contributed by atoms with van der Waals surface area (Å²) in [4.78, 5) is 14.6. The molecule has 0 aliphatic carbocycles. The Kier molecular flexibility index (Phi) is 2.94. The molecule has 0 saturated carbocycles. The van der Waals surface area contributed by atoms with E-state index in [4.69, 9.17) is 15.7 Å². The van der Waals surface area contributed by atoms with E-state index in [1.54, 1.807) is 0 Å². The molecule has 1 fully saturated rings. The van der Waals surface area contributed by atoms with Crippen LogP contribution in [-0.2, 0) is 0 Å². The van der Waals surface area contributed by atoms with Crippen LogP contribution in [0.5, 0.6) is 0 Å². The minimum absolute atomic E-state index is 0.211. The highest BCUT2D eigenvalue weighted by molar-refractivity contribution is 5.66. The molecule has 13 heavy (non-hydrogen) atoms. The van der Waals surface area contributed by atoms with Gasteiger partial charge in [0.1, 0.15) is 10.6 Å². The maximum atomic E-state index is 10.6. The van der Waals surface area contributed by atoms with Crippen molar-refractivity contribution in [3.05, 3.63) is 0 Å². The van der Waals surface area contributed by atoms with E-state index < -0.39 is 12.1 Å². The Morgan fingerprint density at radius 1 is 1.77 bits per heavy atom. The van der Waals surface area contributed by atoms with Gasteiger partial charge in [-0.3, -0.25) is 0 Å². The molecule has 0 radical (unpaired) electrons. The molecule has 0 aromatic carbocycles. The Hall–Kier alpha value is -1.46. The summed E-state index contributed by atoms with van der Waals surface area (Å²) >= 11 is 0. The topological polar surface area (TPSA) is 111 Å². The monoisotopic (exact) mass is 187 g/mol. The standard InChI is InChI=1S/C6H10N4O3/c7-9-8-4-1-5(3-11)10(2-4)6(12)13/h4-5,7,11H,1-3H2/p+1/t4?,5-/m1/s1. The molecular weight excluding hydrogens is 176 g/mol. The Labute approximate surface area is 74.2 Å². The van der Waals surface area contributed by atoms with E-state index in [0.29, 0.717) is 6.42 Å². The second-order valence-corrected chi connectivity index (χ2v) is 2.88. The van der Waals surface area contributed by atoms with Gasteiger partial charge >= 0.3 is 6.09 Å². The number of hydrogen-bond acceptors (Lipinski definition) is 4. The average molecular weight is 187 g/mol. The average Bonchev–Trinajstić information content (AvgIpc) is 2.48. The number of carboxylic acid groups (broad SMARTS) is 1. The maximum Gasteiger partial charge on any atom is 0.407 e. The van der Waals surface area contributed by atoms with Crippen molar-refractivity contribution in [2.45, 2.75) is 18.5 Å². The van der Waals surface area contributed by atoms with E-state index in [1.165, 1.54) is 0 Å². The van der Waals surface area contributed by atoms with Crippen molar-refractivity contribution in [1.29, 1.82) is 5.53 Å². The lowest BCUT2D eigenvalue weighted by Gasteiger charge is -2.17. The van der Waals surface area contributed by atoms with Gasteiger partial charge in [0.05, 0.1) is 19.2 Å². The first-order valence-electron chi connectivity index (χ1n) is 3.86. The fraction of sp³-hybridized carbons (Fsp3) is 0.833. The van der Waals surface area contributed by atoms with Gasteiger partial charge in [-0.2, -0.15) is 0 Å². The molecule has 1 heterocycles. The Balaban J connectivity index is 2.66. The highest BCUT2D eigenvalue weighted by Crippen LogP contribution is 2.19. The number of aliphatic hydroxyl groups excluding tert-OH is 1. The van der Waals surface area contributed by atoms with Gasteiger partial charge in [0.2, 0.25) is 4.91 Å². The van der Waals surface area contributed by atoms with Crippen molar-refractivity contribution >= 4 is 6.09 Å². The number of nitrogens with zero attached hydrogens (tertiary/aromatic N) is 3. The van der Waals surface area contributed by atoms with Crippen molar-refractivity contribution in [1.82, 2.24) is 9.81 Å². The van der Waals surface area contributed by atoms with Crippen molar-refractivity contribution in [2.24, 2.45) is 5.11 Å². The normalized spacial score (nSPS) is 27.0. The molecule has 1 rings (SSSR count). The second-order valence-electron chi connectivity index (χ2n) is 2.88. The molecule has 2 atom stereocenters. The van der Waals surface area contributed by atoms with E-state index in [0.717, 1.165) is 4.90 Å². The molecule has 0 spiro atoms. The highest BCUT2D eigenvalue weighted by Gasteiger charge is 2.37. The van der Waals surface area contributed by atoms with Crippen molar-refractivity contribution < 1.29 is 15.0 Å². The van der Waals surface area contributed by atoms with E-state index >= 15 is 0 Å². The summed E-state index contributed by atoms with van der Waals surface area (Å²) in [7, 11) is 0. The molecule has 0 aromatic rings. The fourth-order valence-electron chi connectivity index (χ4n) is 1.46. The summed E-state index contributed by atoms with van der Waals surface area (Å²) in [6.45, 7) is -0.000734. The second kappa shape index (κ2) is 3.97. The van der Waals surface area contributed by atoms with Gasteiger partial charge in [-0.25, -0.2) is 4.79 Å². The summed E-state index contributed by atoms with van der Waals surface area (Å²) in [6.07, 6.45) is -0.632. The lowest BCUT2D eigenvalue weighted by molar-refractivity contribution is 0.118. The Bertz CT molecular complexity index is 250. The van der Waals surface area contributed by atoms with Crippen molar-refractivity contribution in [3.8, 4) is 0 Å². The van der Waals surface area contributed by atoms with Gasteiger partial charge in [-0.15, -0.1) is 0 Å². The molecule has 0 aromatic heterocycles. The molecule has 1 aliphatic rings. The third-order valence-corrected chi connectivity index (χ3v) is 2.07. The number of nitrogens with one attached hydrogen (secondary N) is 1. The van der Waals surface area contributed by atoms with Crippen molar-refractivity contribution in [3.63, 3.8) is 0 Å². The minimum Gasteiger partial charge on any atom is -0.465 e. The van der Waals surface area contributed by atoms with Gasteiger partial charge in [0.25, 0.3) is 0 Å². The highest BCUT2D eigenvalue weighted by atomic mass is 16.4. The van der Waals surface area contributed by atoms with Gasteiger partial charge in [0.15, 0.2) is 6.04 Å². The SMILES string of the molecule is N=[N+]=NC1C[C@H](CO)N(C(=O)O)C1. The van der Waals surface area contributed by atoms with Crippen LogP contribution in [0.3, 0.4) is 0 Å². The lowest BCUT2D eigenvalue weighted by atomic mass is 10.2. The molecule has 72 valence electrons. The maximum absolute atomic E-state index is 10.6. The van der Waals surface area contributed by atoms with Crippen LogP contribution in [0.2, 0.25) is 0 Å². The molecule has 0 bridgehead atoms. The number of hydrogen-bond donors (Lipinski definition) is 3. The molecule has 1 saturated heterocycles. The van der Waals surface area contributed by atoms with Gasteiger partial charge in [-0.05, 0) is 0 Å². The van der Waals surface area contributed by atoms with Crippen LogP contribution in [0.25, 0.3) is 0 Å². The largest absolute Gasteiger partial charge is 0.465 e.